The van der Waals surface area contributed by atoms with Gasteiger partial charge in [0.25, 0.3) is 0 Å². The van der Waals surface area contributed by atoms with Gasteiger partial charge in [0.05, 0.1) is 18.2 Å². The third kappa shape index (κ3) is 3.16. The predicted molar refractivity (Wildman–Crippen MR) is 85.5 cm³/mol. The Morgan fingerprint density at radius 3 is 2.46 bits per heavy atom. The number of rotatable bonds is 3. The Bertz CT molecular complexity index is 833. The Morgan fingerprint density at radius 2 is 1.79 bits per heavy atom. The molecule has 7 nitrogen and oxygen atoms in total. The lowest BCUT2D eigenvalue weighted by Crippen LogP contribution is -2.50. The maximum absolute atomic E-state index is 12.4. The van der Waals surface area contributed by atoms with E-state index in [4.69, 9.17) is 10.5 Å². The molecule has 1 fully saturated rings. The molecular weight excluding hydrogens is 304 g/mol. The zero-order valence-corrected chi connectivity index (χ0v) is 12.9. The minimum atomic E-state index is -0.0276. The van der Waals surface area contributed by atoms with Crippen molar-refractivity contribution in [3.63, 3.8) is 0 Å². The average molecular weight is 318 g/mol. The topological polar surface area (TPSA) is 96.9 Å². The molecule has 2 aromatic rings. The summed E-state index contributed by atoms with van der Waals surface area (Å²) >= 11 is 0. The molecule has 0 atom stereocenters. The summed E-state index contributed by atoms with van der Waals surface area (Å²) in [6.07, 6.45) is 2.98. The van der Waals surface area contributed by atoms with Crippen molar-refractivity contribution < 1.29 is 4.79 Å². The lowest BCUT2D eigenvalue weighted by atomic mass is 10.1. The SMILES string of the molecule is N#Cc1ccc(CN2CCN(c3nccnc3C#N)CC2=O)cc1. The number of anilines is 1. The van der Waals surface area contributed by atoms with Crippen LogP contribution in [-0.2, 0) is 11.3 Å². The van der Waals surface area contributed by atoms with Crippen molar-refractivity contribution in [1.29, 1.82) is 10.5 Å². The van der Waals surface area contributed by atoms with E-state index in [2.05, 4.69) is 16.0 Å². The second-order valence-electron chi connectivity index (χ2n) is 5.39. The molecule has 0 bridgehead atoms. The quantitative estimate of drug-likeness (QED) is 0.839. The van der Waals surface area contributed by atoms with Crippen LogP contribution in [0.25, 0.3) is 0 Å². The zero-order chi connectivity index (χ0) is 16.9. The van der Waals surface area contributed by atoms with E-state index in [9.17, 15) is 4.79 Å². The monoisotopic (exact) mass is 318 g/mol. The van der Waals surface area contributed by atoms with Gasteiger partial charge in [-0.15, -0.1) is 0 Å². The van der Waals surface area contributed by atoms with E-state index in [-0.39, 0.29) is 18.1 Å². The Hall–Kier alpha value is -3.45. The first kappa shape index (κ1) is 15.4. The minimum Gasteiger partial charge on any atom is -0.343 e. The maximum atomic E-state index is 12.4. The normalized spacial score (nSPS) is 14.2. The molecule has 1 amide bonds. The molecule has 1 aliphatic heterocycles. The van der Waals surface area contributed by atoms with E-state index in [0.717, 1.165) is 5.56 Å². The van der Waals surface area contributed by atoms with Crippen molar-refractivity contribution in [3.05, 3.63) is 53.5 Å². The largest absolute Gasteiger partial charge is 0.343 e. The van der Waals surface area contributed by atoms with E-state index < -0.39 is 0 Å². The predicted octanol–water partition coefficient (Wildman–Crippen LogP) is 1.07. The molecule has 1 aromatic heterocycles. The van der Waals surface area contributed by atoms with Crippen molar-refractivity contribution in [2.45, 2.75) is 6.54 Å². The van der Waals surface area contributed by atoms with Crippen LogP contribution in [-0.4, -0.2) is 40.4 Å². The Kier molecular flexibility index (Phi) is 4.35. The molecule has 0 N–H and O–H groups in total. The standard InChI is InChI=1S/C17H14N6O/c18-9-13-1-3-14(4-2-13)11-22-7-8-23(12-16(22)24)17-15(10-19)20-5-6-21-17/h1-6H,7-8,11-12H2. The van der Waals surface area contributed by atoms with Gasteiger partial charge >= 0.3 is 0 Å². The van der Waals surface area contributed by atoms with Crippen LogP contribution < -0.4 is 4.90 Å². The number of amides is 1. The maximum Gasteiger partial charge on any atom is 0.242 e. The smallest absolute Gasteiger partial charge is 0.242 e. The summed E-state index contributed by atoms with van der Waals surface area (Å²) in [5, 5.41) is 17.9. The van der Waals surface area contributed by atoms with E-state index >= 15 is 0 Å². The van der Waals surface area contributed by atoms with Gasteiger partial charge in [-0.1, -0.05) is 12.1 Å². The summed E-state index contributed by atoms with van der Waals surface area (Å²) in [5.41, 5.74) is 1.81. The first-order valence-electron chi connectivity index (χ1n) is 7.44. The average Bonchev–Trinajstić information content (AvgIpc) is 2.64. The van der Waals surface area contributed by atoms with Gasteiger partial charge in [-0.3, -0.25) is 4.79 Å². The molecular formula is C17H14N6O. The van der Waals surface area contributed by atoms with E-state index in [1.165, 1.54) is 12.4 Å². The minimum absolute atomic E-state index is 0.0276. The van der Waals surface area contributed by atoms with Gasteiger partial charge in [-0.25, -0.2) is 9.97 Å². The summed E-state index contributed by atoms with van der Waals surface area (Å²) in [6.45, 7) is 1.81. The second kappa shape index (κ2) is 6.76. The molecule has 7 heteroatoms. The number of aromatic nitrogens is 2. The van der Waals surface area contributed by atoms with Gasteiger partial charge in [-0.2, -0.15) is 10.5 Å². The van der Waals surface area contributed by atoms with Crippen LogP contribution >= 0.6 is 0 Å². The fourth-order valence-corrected chi connectivity index (χ4v) is 2.60. The molecule has 1 aliphatic rings. The van der Waals surface area contributed by atoms with Crippen LogP contribution in [0.15, 0.2) is 36.7 Å². The number of carbonyl (C=O) groups excluding carboxylic acids is 1. The number of hydrogen-bond acceptors (Lipinski definition) is 6. The van der Waals surface area contributed by atoms with Crippen LogP contribution in [0.3, 0.4) is 0 Å². The molecule has 0 unspecified atom stereocenters. The number of nitriles is 2. The number of carbonyl (C=O) groups is 1. The first-order chi connectivity index (χ1) is 11.7. The Morgan fingerprint density at radius 1 is 1.04 bits per heavy atom. The van der Waals surface area contributed by atoms with Crippen molar-refractivity contribution in [1.82, 2.24) is 14.9 Å². The summed E-state index contributed by atoms with van der Waals surface area (Å²) in [4.78, 5) is 24.1. The Balaban J connectivity index is 1.68. The van der Waals surface area contributed by atoms with Gasteiger partial charge in [-0.05, 0) is 17.7 Å². The van der Waals surface area contributed by atoms with Crippen LogP contribution in [0.2, 0.25) is 0 Å². The highest BCUT2D eigenvalue weighted by atomic mass is 16.2. The molecule has 0 aliphatic carbocycles. The van der Waals surface area contributed by atoms with Crippen molar-refractivity contribution >= 4 is 11.7 Å². The van der Waals surface area contributed by atoms with Crippen LogP contribution in [0, 0.1) is 22.7 Å². The summed E-state index contributed by atoms with van der Waals surface area (Å²) in [6, 6.07) is 11.3. The van der Waals surface area contributed by atoms with E-state index in [1.807, 2.05) is 18.2 Å². The molecule has 0 radical (unpaired) electrons. The zero-order valence-electron chi connectivity index (χ0n) is 12.9. The highest BCUT2D eigenvalue weighted by Gasteiger charge is 2.26. The molecule has 3 rings (SSSR count). The lowest BCUT2D eigenvalue weighted by molar-refractivity contribution is -0.131. The summed E-state index contributed by atoms with van der Waals surface area (Å²) < 4.78 is 0. The van der Waals surface area contributed by atoms with Crippen LogP contribution in [0.4, 0.5) is 5.82 Å². The molecule has 1 saturated heterocycles. The fraction of sp³-hybridized carbons (Fsp3) is 0.235. The van der Waals surface area contributed by atoms with Crippen molar-refractivity contribution in [2.24, 2.45) is 0 Å². The Labute approximate surface area is 139 Å². The van der Waals surface area contributed by atoms with E-state index in [0.29, 0.717) is 31.0 Å². The number of hydrogen-bond donors (Lipinski definition) is 0. The van der Waals surface area contributed by atoms with Gasteiger partial charge in [0.1, 0.15) is 6.07 Å². The molecule has 0 spiro atoms. The highest BCUT2D eigenvalue weighted by Crippen LogP contribution is 2.18. The first-order valence-corrected chi connectivity index (χ1v) is 7.44. The van der Waals surface area contributed by atoms with E-state index in [1.54, 1.807) is 21.9 Å². The molecule has 2 heterocycles. The third-order valence-corrected chi connectivity index (χ3v) is 3.86. The number of piperazine rings is 1. The molecule has 1 aromatic carbocycles. The highest BCUT2D eigenvalue weighted by molar-refractivity contribution is 5.82. The number of nitrogens with zero attached hydrogens (tertiary/aromatic N) is 6. The summed E-state index contributed by atoms with van der Waals surface area (Å²) in [5.74, 6) is 0.423. The summed E-state index contributed by atoms with van der Waals surface area (Å²) in [7, 11) is 0. The van der Waals surface area contributed by atoms with Gasteiger partial charge < -0.3 is 9.80 Å². The second-order valence-corrected chi connectivity index (χ2v) is 5.39. The van der Waals surface area contributed by atoms with Crippen LogP contribution in [0.1, 0.15) is 16.8 Å². The molecule has 24 heavy (non-hydrogen) atoms. The van der Waals surface area contributed by atoms with Gasteiger partial charge in [0.2, 0.25) is 5.91 Å². The van der Waals surface area contributed by atoms with Gasteiger partial charge in [0.15, 0.2) is 11.5 Å². The molecule has 0 saturated carbocycles. The lowest BCUT2D eigenvalue weighted by Gasteiger charge is -2.35. The fourth-order valence-electron chi connectivity index (χ4n) is 2.60. The van der Waals surface area contributed by atoms with Gasteiger partial charge in [0, 0.05) is 32.0 Å². The van der Waals surface area contributed by atoms with Crippen molar-refractivity contribution in [3.8, 4) is 12.1 Å². The number of benzene rings is 1. The van der Waals surface area contributed by atoms with Crippen LogP contribution in [0.5, 0.6) is 0 Å². The molecule has 118 valence electrons. The third-order valence-electron chi connectivity index (χ3n) is 3.86. The van der Waals surface area contributed by atoms with Crippen molar-refractivity contribution in [2.75, 3.05) is 24.5 Å².